The summed E-state index contributed by atoms with van der Waals surface area (Å²) in [5.74, 6) is 0.955. The number of nitrogens with zero attached hydrogens (tertiary/aromatic N) is 1. The second-order valence-corrected chi connectivity index (χ2v) is 7.26. The number of carbonyl (C=O) groups excluding carboxylic acids is 1. The van der Waals surface area contributed by atoms with Crippen LogP contribution in [0.5, 0.6) is 5.75 Å². The van der Waals surface area contributed by atoms with Crippen molar-refractivity contribution in [3.05, 3.63) is 41.0 Å². The summed E-state index contributed by atoms with van der Waals surface area (Å²) in [5, 5.41) is 0. The highest BCUT2D eigenvalue weighted by atomic mass is 16.5. The summed E-state index contributed by atoms with van der Waals surface area (Å²) in [6.45, 7) is 2.21. The van der Waals surface area contributed by atoms with E-state index in [1.165, 1.54) is 19.3 Å². The third-order valence-corrected chi connectivity index (χ3v) is 5.68. The Bertz CT molecular complexity index is 627. The quantitative estimate of drug-likeness (QED) is 0.789. The molecule has 3 fully saturated rings. The molecular formula is C20H25NO2. The Balaban J connectivity index is 1.39. The van der Waals surface area contributed by atoms with Crippen molar-refractivity contribution >= 4 is 5.91 Å². The molecule has 3 heteroatoms. The van der Waals surface area contributed by atoms with Gasteiger partial charge in [-0.3, -0.25) is 4.79 Å². The van der Waals surface area contributed by atoms with Crippen LogP contribution in [0.4, 0.5) is 0 Å². The normalized spacial score (nSPS) is 26.2. The number of rotatable bonds is 3. The van der Waals surface area contributed by atoms with Crippen molar-refractivity contribution in [2.45, 2.75) is 64.0 Å². The Hall–Kier alpha value is -1.77. The molecule has 2 atom stereocenters. The van der Waals surface area contributed by atoms with E-state index in [-0.39, 0.29) is 12.5 Å². The summed E-state index contributed by atoms with van der Waals surface area (Å²) in [5.41, 5.74) is 4.53. The molecule has 2 saturated heterocycles. The van der Waals surface area contributed by atoms with E-state index in [0.29, 0.717) is 12.1 Å². The van der Waals surface area contributed by atoms with E-state index in [4.69, 9.17) is 4.74 Å². The van der Waals surface area contributed by atoms with Crippen molar-refractivity contribution in [3.63, 3.8) is 0 Å². The van der Waals surface area contributed by atoms with Crippen molar-refractivity contribution in [2.24, 2.45) is 0 Å². The number of amides is 1. The van der Waals surface area contributed by atoms with Crippen LogP contribution in [0.25, 0.3) is 0 Å². The zero-order valence-electron chi connectivity index (χ0n) is 13.9. The van der Waals surface area contributed by atoms with Gasteiger partial charge in [0.15, 0.2) is 6.61 Å². The molecule has 2 bridgehead atoms. The van der Waals surface area contributed by atoms with Gasteiger partial charge in [-0.15, -0.1) is 0 Å². The molecule has 1 saturated carbocycles. The number of carbonyl (C=O) groups is 1. The van der Waals surface area contributed by atoms with E-state index in [9.17, 15) is 4.79 Å². The highest BCUT2D eigenvalue weighted by Crippen LogP contribution is 2.43. The number of aryl methyl sites for hydroxylation is 1. The Morgan fingerprint density at radius 1 is 1.17 bits per heavy atom. The van der Waals surface area contributed by atoms with E-state index in [1.807, 2.05) is 31.2 Å². The topological polar surface area (TPSA) is 29.5 Å². The van der Waals surface area contributed by atoms with Crippen molar-refractivity contribution in [3.8, 4) is 5.75 Å². The summed E-state index contributed by atoms with van der Waals surface area (Å²) in [6, 6.07) is 8.75. The largest absolute Gasteiger partial charge is 0.484 e. The van der Waals surface area contributed by atoms with Gasteiger partial charge in [-0.1, -0.05) is 23.3 Å². The van der Waals surface area contributed by atoms with Gasteiger partial charge in [-0.25, -0.2) is 0 Å². The number of hydrogen-bond donors (Lipinski definition) is 0. The highest BCUT2D eigenvalue weighted by molar-refractivity contribution is 5.79. The molecule has 2 unspecified atom stereocenters. The van der Waals surface area contributed by atoms with Gasteiger partial charge in [-0.2, -0.15) is 0 Å². The molecule has 1 aliphatic carbocycles. The van der Waals surface area contributed by atoms with Crippen molar-refractivity contribution in [2.75, 3.05) is 6.61 Å². The van der Waals surface area contributed by atoms with Crippen LogP contribution >= 0.6 is 0 Å². The minimum Gasteiger partial charge on any atom is -0.484 e. The van der Waals surface area contributed by atoms with Crippen molar-refractivity contribution in [1.82, 2.24) is 4.90 Å². The van der Waals surface area contributed by atoms with E-state index >= 15 is 0 Å². The summed E-state index contributed by atoms with van der Waals surface area (Å²) < 4.78 is 5.73. The number of piperidine rings is 1. The van der Waals surface area contributed by atoms with Crippen LogP contribution in [0.3, 0.4) is 0 Å². The van der Waals surface area contributed by atoms with Crippen LogP contribution in [-0.4, -0.2) is 29.5 Å². The van der Waals surface area contributed by atoms with Gasteiger partial charge in [0.25, 0.3) is 5.91 Å². The van der Waals surface area contributed by atoms with Crippen LogP contribution < -0.4 is 4.74 Å². The lowest BCUT2D eigenvalue weighted by molar-refractivity contribution is -0.137. The fraction of sp³-hybridized carbons (Fsp3) is 0.550. The molecule has 2 heterocycles. The number of allylic oxidation sites excluding steroid dienone is 1. The fourth-order valence-electron chi connectivity index (χ4n) is 4.34. The molecular weight excluding hydrogens is 286 g/mol. The standard InChI is InChI=1S/C20H25NO2/c1-14-4-2-7-19(10-14)23-13-20(22)21-17-8-9-18(21)12-16(11-17)15-5-3-6-15/h2,4,7,10,17-18H,3,5-6,8-9,11-13H2,1H3. The fourth-order valence-corrected chi connectivity index (χ4v) is 4.34. The Labute approximate surface area is 138 Å². The van der Waals surface area contributed by atoms with Crippen LogP contribution in [0.15, 0.2) is 35.4 Å². The summed E-state index contributed by atoms with van der Waals surface area (Å²) in [6.07, 6.45) is 8.53. The molecule has 1 amide bonds. The number of ether oxygens (including phenoxy) is 1. The van der Waals surface area contributed by atoms with Crippen LogP contribution in [0, 0.1) is 6.92 Å². The Kier molecular flexibility index (Phi) is 3.88. The van der Waals surface area contributed by atoms with Gasteiger partial charge in [0.1, 0.15) is 5.75 Å². The molecule has 3 aliphatic rings. The molecule has 122 valence electrons. The average molecular weight is 311 g/mol. The van der Waals surface area contributed by atoms with Crippen LogP contribution in [0.2, 0.25) is 0 Å². The maximum absolute atomic E-state index is 12.7. The molecule has 0 radical (unpaired) electrons. The Morgan fingerprint density at radius 2 is 1.91 bits per heavy atom. The third-order valence-electron chi connectivity index (χ3n) is 5.68. The summed E-state index contributed by atoms with van der Waals surface area (Å²) in [4.78, 5) is 14.8. The minimum atomic E-state index is 0.164. The molecule has 0 spiro atoms. The van der Waals surface area contributed by atoms with Crippen molar-refractivity contribution < 1.29 is 9.53 Å². The average Bonchev–Trinajstić information content (AvgIpc) is 2.74. The minimum absolute atomic E-state index is 0.164. The molecule has 2 aliphatic heterocycles. The lowest BCUT2D eigenvalue weighted by atomic mass is 9.82. The maximum Gasteiger partial charge on any atom is 0.261 e. The lowest BCUT2D eigenvalue weighted by Crippen LogP contribution is -2.47. The first-order chi connectivity index (χ1) is 11.2. The SMILES string of the molecule is Cc1cccc(OCC(=O)N2C3CCC2CC(=C2CCC2)C3)c1. The monoisotopic (exact) mass is 311 g/mol. The van der Waals surface area contributed by atoms with E-state index in [2.05, 4.69) is 4.90 Å². The smallest absolute Gasteiger partial charge is 0.261 e. The summed E-state index contributed by atoms with van der Waals surface area (Å²) >= 11 is 0. The van der Waals surface area contributed by atoms with E-state index in [1.54, 1.807) is 11.1 Å². The highest BCUT2D eigenvalue weighted by Gasteiger charge is 2.42. The first kappa shape index (κ1) is 14.8. The van der Waals surface area contributed by atoms with Crippen LogP contribution in [-0.2, 0) is 4.79 Å². The molecule has 23 heavy (non-hydrogen) atoms. The number of benzene rings is 1. The van der Waals surface area contributed by atoms with Gasteiger partial charge in [0.2, 0.25) is 0 Å². The van der Waals surface area contributed by atoms with Crippen LogP contribution in [0.1, 0.15) is 50.5 Å². The zero-order chi connectivity index (χ0) is 15.8. The van der Waals surface area contributed by atoms with Gasteiger partial charge in [0, 0.05) is 12.1 Å². The number of fused-ring (bicyclic) bond motifs is 2. The molecule has 0 N–H and O–H groups in total. The molecule has 3 nitrogen and oxygen atoms in total. The predicted molar refractivity (Wildman–Crippen MR) is 90.4 cm³/mol. The van der Waals surface area contributed by atoms with E-state index in [0.717, 1.165) is 37.0 Å². The predicted octanol–water partition coefficient (Wildman–Crippen LogP) is 4.01. The molecule has 4 rings (SSSR count). The second kappa shape index (κ2) is 6.03. The summed E-state index contributed by atoms with van der Waals surface area (Å²) in [7, 11) is 0. The first-order valence-electron chi connectivity index (χ1n) is 8.91. The molecule has 1 aromatic rings. The van der Waals surface area contributed by atoms with Gasteiger partial charge in [0.05, 0.1) is 0 Å². The first-order valence-corrected chi connectivity index (χ1v) is 8.91. The molecule has 1 aromatic carbocycles. The van der Waals surface area contributed by atoms with Crippen molar-refractivity contribution in [1.29, 1.82) is 0 Å². The third kappa shape index (κ3) is 2.89. The Morgan fingerprint density at radius 3 is 2.52 bits per heavy atom. The van der Waals surface area contributed by atoms with Gasteiger partial charge >= 0.3 is 0 Å². The maximum atomic E-state index is 12.7. The number of hydrogen-bond acceptors (Lipinski definition) is 2. The van der Waals surface area contributed by atoms with Gasteiger partial charge < -0.3 is 9.64 Å². The molecule has 0 aromatic heterocycles. The lowest BCUT2D eigenvalue weighted by Gasteiger charge is -2.38. The second-order valence-electron chi connectivity index (χ2n) is 7.26. The van der Waals surface area contributed by atoms with Gasteiger partial charge in [-0.05, 0) is 69.6 Å². The van der Waals surface area contributed by atoms with E-state index < -0.39 is 0 Å². The zero-order valence-corrected chi connectivity index (χ0v) is 13.9.